The Morgan fingerprint density at radius 2 is 2.12 bits per heavy atom. The van der Waals surface area contributed by atoms with Crippen LogP contribution in [0.25, 0.3) is 0 Å². The molecular formula is C11H13BrF2O2. The van der Waals surface area contributed by atoms with Crippen LogP contribution in [0, 0.1) is 0 Å². The predicted octanol–water partition coefficient (Wildman–Crippen LogP) is 3.62. The zero-order valence-corrected chi connectivity index (χ0v) is 10.5. The zero-order chi connectivity index (χ0) is 12.0. The van der Waals surface area contributed by atoms with E-state index in [0.29, 0.717) is 5.75 Å². The van der Waals surface area contributed by atoms with Gasteiger partial charge in [0.05, 0.1) is 7.11 Å². The van der Waals surface area contributed by atoms with E-state index in [1.54, 1.807) is 6.07 Å². The van der Waals surface area contributed by atoms with E-state index >= 15 is 0 Å². The van der Waals surface area contributed by atoms with Crippen molar-refractivity contribution in [1.29, 1.82) is 0 Å². The molecule has 0 amide bonds. The summed E-state index contributed by atoms with van der Waals surface area (Å²) in [7, 11) is 1.51. The average molecular weight is 295 g/mol. The van der Waals surface area contributed by atoms with Crippen LogP contribution in [0.1, 0.15) is 12.0 Å². The van der Waals surface area contributed by atoms with Gasteiger partial charge in [-0.2, -0.15) is 8.78 Å². The second-order valence-electron chi connectivity index (χ2n) is 3.14. The van der Waals surface area contributed by atoms with Crippen LogP contribution in [-0.2, 0) is 6.42 Å². The van der Waals surface area contributed by atoms with Crippen LogP contribution in [0.4, 0.5) is 8.78 Å². The number of hydrogen-bond donors (Lipinski definition) is 0. The van der Waals surface area contributed by atoms with Crippen molar-refractivity contribution in [2.24, 2.45) is 0 Å². The molecule has 90 valence electrons. The molecule has 0 saturated heterocycles. The molecule has 1 aromatic carbocycles. The van der Waals surface area contributed by atoms with Gasteiger partial charge in [-0.05, 0) is 24.5 Å². The third-order valence-electron chi connectivity index (χ3n) is 2.06. The van der Waals surface area contributed by atoms with Crippen LogP contribution in [0.5, 0.6) is 11.5 Å². The van der Waals surface area contributed by atoms with Crippen LogP contribution < -0.4 is 9.47 Å². The Bertz CT molecular complexity index is 332. The second kappa shape index (κ2) is 6.68. The zero-order valence-electron chi connectivity index (χ0n) is 8.88. The summed E-state index contributed by atoms with van der Waals surface area (Å²) >= 11 is 3.34. The number of halogens is 3. The molecular weight excluding hydrogens is 282 g/mol. The molecule has 16 heavy (non-hydrogen) atoms. The normalized spacial score (nSPS) is 10.6. The highest BCUT2D eigenvalue weighted by Gasteiger charge is 2.08. The van der Waals surface area contributed by atoms with Gasteiger partial charge in [0.1, 0.15) is 11.5 Å². The Morgan fingerprint density at radius 3 is 2.69 bits per heavy atom. The van der Waals surface area contributed by atoms with Crippen LogP contribution in [0.2, 0.25) is 0 Å². The minimum atomic E-state index is -2.81. The first-order chi connectivity index (χ1) is 7.67. The summed E-state index contributed by atoms with van der Waals surface area (Å²) in [5.41, 5.74) is 0.989. The molecule has 0 aliphatic heterocycles. The molecule has 1 aromatic rings. The van der Waals surface area contributed by atoms with Gasteiger partial charge in [-0.1, -0.05) is 22.0 Å². The number of benzene rings is 1. The Kier molecular flexibility index (Phi) is 5.52. The molecule has 2 nitrogen and oxygen atoms in total. The molecule has 0 unspecified atom stereocenters. The minimum Gasteiger partial charge on any atom is -0.496 e. The summed E-state index contributed by atoms with van der Waals surface area (Å²) in [5, 5.41) is 0.894. The first-order valence-corrected chi connectivity index (χ1v) is 5.97. The standard InChI is InChI=1S/C11H13BrF2O2/c1-15-10-7-9(16-11(13)14)5-4-8(10)3-2-6-12/h4-5,7,11H,2-3,6H2,1H3. The SMILES string of the molecule is COc1cc(OC(F)F)ccc1CCCBr. The minimum absolute atomic E-state index is 0.120. The van der Waals surface area contributed by atoms with Crippen molar-refractivity contribution in [3.05, 3.63) is 23.8 Å². The molecule has 0 heterocycles. The van der Waals surface area contributed by atoms with Crippen molar-refractivity contribution < 1.29 is 18.3 Å². The molecule has 0 aromatic heterocycles. The van der Waals surface area contributed by atoms with E-state index in [4.69, 9.17) is 4.74 Å². The average Bonchev–Trinajstić information content (AvgIpc) is 2.26. The lowest BCUT2D eigenvalue weighted by Crippen LogP contribution is -2.02. The van der Waals surface area contributed by atoms with E-state index < -0.39 is 6.61 Å². The number of methoxy groups -OCH3 is 1. The second-order valence-corrected chi connectivity index (χ2v) is 3.94. The molecule has 0 aliphatic carbocycles. The van der Waals surface area contributed by atoms with E-state index in [1.165, 1.54) is 19.2 Å². The van der Waals surface area contributed by atoms with Gasteiger partial charge in [0.2, 0.25) is 0 Å². The van der Waals surface area contributed by atoms with Crippen LogP contribution in [-0.4, -0.2) is 19.1 Å². The first-order valence-electron chi connectivity index (χ1n) is 4.85. The molecule has 0 spiro atoms. The summed E-state index contributed by atoms with van der Waals surface area (Å²) < 4.78 is 33.4. The van der Waals surface area contributed by atoms with E-state index in [0.717, 1.165) is 23.7 Å². The molecule has 0 atom stereocenters. The smallest absolute Gasteiger partial charge is 0.387 e. The first kappa shape index (κ1) is 13.2. The maximum absolute atomic E-state index is 12.0. The van der Waals surface area contributed by atoms with E-state index in [9.17, 15) is 8.78 Å². The van der Waals surface area contributed by atoms with Crippen molar-refractivity contribution in [2.75, 3.05) is 12.4 Å². The van der Waals surface area contributed by atoms with Gasteiger partial charge in [0.25, 0.3) is 0 Å². The van der Waals surface area contributed by atoms with Gasteiger partial charge in [-0.15, -0.1) is 0 Å². The third kappa shape index (κ3) is 3.96. The number of rotatable bonds is 6. The van der Waals surface area contributed by atoms with Crippen LogP contribution in [0.15, 0.2) is 18.2 Å². The highest BCUT2D eigenvalue weighted by atomic mass is 79.9. The number of alkyl halides is 3. The summed E-state index contributed by atoms with van der Waals surface area (Å²) in [4.78, 5) is 0. The lowest BCUT2D eigenvalue weighted by Gasteiger charge is -2.10. The monoisotopic (exact) mass is 294 g/mol. The lowest BCUT2D eigenvalue weighted by molar-refractivity contribution is -0.0499. The molecule has 1 rings (SSSR count). The van der Waals surface area contributed by atoms with Crippen molar-refractivity contribution in [3.8, 4) is 11.5 Å². The number of aryl methyl sites for hydroxylation is 1. The van der Waals surface area contributed by atoms with Crippen molar-refractivity contribution in [2.45, 2.75) is 19.5 Å². The van der Waals surface area contributed by atoms with Crippen molar-refractivity contribution in [3.63, 3.8) is 0 Å². The van der Waals surface area contributed by atoms with Gasteiger partial charge >= 0.3 is 6.61 Å². The Balaban J connectivity index is 2.79. The Hall–Kier alpha value is -0.840. The number of ether oxygens (including phenoxy) is 2. The molecule has 0 bridgehead atoms. The van der Waals surface area contributed by atoms with E-state index in [2.05, 4.69) is 20.7 Å². The van der Waals surface area contributed by atoms with Gasteiger partial charge in [0, 0.05) is 11.4 Å². The van der Waals surface area contributed by atoms with Crippen molar-refractivity contribution in [1.82, 2.24) is 0 Å². The fraction of sp³-hybridized carbons (Fsp3) is 0.455. The molecule has 5 heteroatoms. The fourth-order valence-corrected chi connectivity index (χ4v) is 1.65. The van der Waals surface area contributed by atoms with Crippen LogP contribution >= 0.6 is 15.9 Å². The molecule has 0 radical (unpaired) electrons. The Labute approximate surface area is 102 Å². The van der Waals surface area contributed by atoms with E-state index in [1.807, 2.05) is 0 Å². The van der Waals surface area contributed by atoms with E-state index in [-0.39, 0.29) is 5.75 Å². The number of hydrogen-bond acceptors (Lipinski definition) is 2. The van der Waals surface area contributed by atoms with Crippen LogP contribution in [0.3, 0.4) is 0 Å². The largest absolute Gasteiger partial charge is 0.496 e. The quantitative estimate of drug-likeness (QED) is 0.746. The molecule has 0 fully saturated rings. The fourth-order valence-electron chi connectivity index (χ4n) is 1.36. The summed E-state index contributed by atoms with van der Waals surface area (Å²) in [6, 6.07) is 4.76. The molecule has 0 aliphatic rings. The van der Waals surface area contributed by atoms with Gasteiger partial charge < -0.3 is 9.47 Å². The molecule has 0 N–H and O–H groups in total. The third-order valence-corrected chi connectivity index (χ3v) is 2.62. The summed E-state index contributed by atoms with van der Waals surface area (Å²) in [6.07, 6.45) is 1.80. The Morgan fingerprint density at radius 1 is 1.38 bits per heavy atom. The lowest BCUT2D eigenvalue weighted by atomic mass is 10.1. The highest BCUT2D eigenvalue weighted by Crippen LogP contribution is 2.26. The van der Waals surface area contributed by atoms with Crippen molar-refractivity contribution >= 4 is 15.9 Å². The summed E-state index contributed by atoms with van der Waals surface area (Å²) in [5.74, 6) is 0.702. The highest BCUT2D eigenvalue weighted by molar-refractivity contribution is 9.09. The summed E-state index contributed by atoms with van der Waals surface area (Å²) in [6.45, 7) is -2.81. The van der Waals surface area contributed by atoms with Gasteiger partial charge in [-0.25, -0.2) is 0 Å². The van der Waals surface area contributed by atoms with Gasteiger partial charge in [0.15, 0.2) is 0 Å². The maximum Gasteiger partial charge on any atom is 0.387 e. The topological polar surface area (TPSA) is 18.5 Å². The predicted molar refractivity (Wildman–Crippen MR) is 61.7 cm³/mol. The molecule has 0 saturated carbocycles. The maximum atomic E-state index is 12.0. The van der Waals surface area contributed by atoms with Gasteiger partial charge in [-0.3, -0.25) is 0 Å².